The molecule has 17 heavy (non-hydrogen) atoms. The summed E-state index contributed by atoms with van der Waals surface area (Å²) in [5.74, 6) is -0.668. The standard InChI is InChI=1S/C13H18O4/c1-2-13(15)10-7-4-3-5-12(7)9(14)6-8(16-13)11(10)17-12/h7-8,10-11,15H,2-6H2,1H3/t7-,8+,10-,11-,12-,13-/m0/s1. The quantitative estimate of drug-likeness (QED) is 0.740. The summed E-state index contributed by atoms with van der Waals surface area (Å²) < 4.78 is 11.8. The van der Waals surface area contributed by atoms with Crippen molar-refractivity contribution in [2.24, 2.45) is 11.8 Å². The van der Waals surface area contributed by atoms with Gasteiger partial charge in [-0.05, 0) is 25.7 Å². The number of aliphatic hydroxyl groups is 1. The molecule has 3 aliphatic heterocycles. The van der Waals surface area contributed by atoms with Crippen LogP contribution in [-0.4, -0.2) is 34.5 Å². The van der Waals surface area contributed by atoms with E-state index >= 15 is 0 Å². The van der Waals surface area contributed by atoms with Crippen LogP contribution in [0.5, 0.6) is 0 Å². The molecular formula is C13H18O4. The van der Waals surface area contributed by atoms with Crippen LogP contribution < -0.4 is 0 Å². The molecule has 1 aliphatic carbocycles. The molecule has 0 aromatic rings. The molecule has 4 heteroatoms. The molecule has 1 N–H and O–H groups in total. The van der Waals surface area contributed by atoms with Crippen molar-refractivity contribution in [1.82, 2.24) is 0 Å². The second-order valence-electron chi connectivity index (χ2n) is 5.98. The highest BCUT2D eigenvalue weighted by Gasteiger charge is 2.73. The fraction of sp³-hybridized carbons (Fsp3) is 0.923. The molecule has 0 aromatic heterocycles. The van der Waals surface area contributed by atoms with E-state index < -0.39 is 11.4 Å². The molecule has 2 bridgehead atoms. The van der Waals surface area contributed by atoms with E-state index in [0.29, 0.717) is 12.8 Å². The summed E-state index contributed by atoms with van der Waals surface area (Å²) in [6.07, 6.45) is 3.61. The molecule has 4 aliphatic rings. The first-order valence-electron chi connectivity index (χ1n) is 6.72. The third-order valence-corrected chi connectivity index (χ3v) is 5.40. The molecule has 4 fully saturated rings. The first-order valence-corrected chi connectivity index (χ1v) is 6.72. The second-order valence-corrected chi connectivity index (χ2v) is 5.98. The molecule has 4 rings (SSSR count). The van der Waals surface area contributed by atoms with Gasteiger partial charge in [-0.2, -0.15) is 0 Å². The number of ether oxygens (including phenoxy) is 2. The van der Waals surface area contributed by atoms with Crippen LogP contribution in [0.1, 0.15) is 39.0 Å². The zero-order valence-corrected chi connectivity index (χ0v) is 10.0. The Labute approximate surface area is 100 Å². The lowest BCUT2D eigenvalue weighted by atomic mass is 9.77. The molecule has 3 heterocycles. The summed E-state index contributed by atoms with van der Waals surface area (Å²) in [6, 6.07) is 0. The van der Waals surface area contributed by atoms with Gasteiger partial charge >= 0.3 is 0 Å². The maximum absolute atomic E-state index is 12.3. The van der Waals surface area contributed by atoms with Crippen molar-refractivity contribution in [1.29, 1.82) is 0 Å². The van der Waals surface area contributed by atoms with Gasteiger partial charge in [-0.1, -0.05) is 6.92 Å². The van der Waals surface area contributed by atoms with E-state index in [0.717, 1.165) is 19.3 Å². The first-order chi connectivity index (χ1) is 8.11. The van der Waals surface area contributed by atoms with E-state index in [-0.39, 0.29) is 29.8 Å². The molecule has 94 valence electrons. The SMILES string of the molecule is CC[C@]1(O)O[C@@H]2CC(=O)[C@]34CCC[C@H]3[C@H]1[C@H]2O4. The number of rotatable bonds is 1. The molecule has 3 saturated heterocycles. The van der Waals surface area contributed by atoms with Gasteiger partial charge in [0.15, 0.2) is 11.6 Å². The molecule has 6 atom stereocenters. The average molecular weight is 238 g/mol. The largest absolute Gasteiger partial charge is 0.365 e. The Hall–Kier alpha value is -0.450. The van der Waals surface area contributed by atoms with Crippen LogP contribution in [0, 0.1) is 11.8 Å². The van der Waals surface area contributed by atoms with Gasteiger partial charge in [0.2, 0.25) is 0 Å². The van der Waals surface area contributed by atoms with Gasteiger partial charge in [0.05, 0.1) is 12.2 Å². The number of carbonyl (C=O) groups is 1. The second kappa shape index (κ2) is 2.92. The number of Topliss-reactive ketones (excluding diaryl/α,β-unsaturated/α-hetero) is 1. The van der Waals surface area contributed by atoms with Gasteiger partial charge < -0.3 is 14.6 Å². The summed E-state index contributed by atoms with van der Waals surface area (Å²) in [6.45, 7) is 1.94. The Morgan fingerprint density at radius 1 is 1.47 bits per heavy atom. The third-order valence-electron chi connectivity index (χ3n) is 5.40. The minimum atomic E-state index is -1.06. The van der Waals surface area contributed by atoms with Crippen molar-refractivity contribution in [2.75, 3.05) is 0 Å². The summed E-state index contributed by atoms with van der Waals surface area (Å²) in [4.78, 5) is 12.3. The third kappa shape index (κ3) is 0.996. The molecule has 1 spiro atoms. The van der Waals surface area contributed by atoms with E-state index in [9.17, 15) is 9.90 Å². The Bertz CT molecular complexity index is 395. The molecule has 0 unspecified atom stereocenters. The first kappa shape index (κ1) is 10.5. The van der Waals surface area contributed by atoms with Gasteiger partial charge in [0.1, 0.15) is 5.60 Å². The highest BCUT2D eigenvalue weighted by atomic mass is 16.7. The van der Waals surface area contributed by atoms with Crippen molar-refractivity contribution in [3.8, 4) is 0 Å². The van der Waals surface area contributed by atoms with E-state index in [2.05, 4.69) is 0 Å². The molecular weight excluding hydrogens is 220 g/mol. The highest BCUT2D eigenvalue weighted by molar-refractivity contribution is 5.90. The zero-order valence-electron chi connectivity index (χ0n) is 10.0. The van der Waals surface area contributed by atoms with Crippen LogP contribution in [-0.2, 0) is 14.3 Å². The lowest BCUT2D eigenvalue weighted by Crippen LogP contribution is -2.51. The Kier molecular flexibility index (Phi) is 1.80. The van der Waals surface area contributed by atoms with Crippen molar-refractivity contribution in [2.45, 2.75) is 62.6 Å². The molecule has 1 saturated carbocycles. The number of carbonyl (C=O) groups excluding carboxylic acids is 1. The van der Waals surface area contributed by atoms with E-state index in [4.69, 9.17) is 9.47 Å². The van der Waals surface area contributed by atoms with Gasteiger partial charge in [-0.15, -0.1) is 0 Å². The van der Waals surface area contributed by atoms with Gasteiger partial charge in [0.25, 0.3) is 0 Å². The normalized spacial score (nSPS) is 59.8. The number of hydrogen-bond donors (Lipinski definition) is 1. The maximum Gasteiger partial charge on any atom is 0.171 e. The van der Waals surface area contributed by atoms with E-state index in [1.165, 1.54) is 0 Å². The topological polar surface area (TPSA) is 55.8 Å². The fourth-order valence-corrected chi connectivity index (χ4v) is 4.69. The monoisotopic (exact) mass is 238 g/mol. The van der Waals surface area contributed by atoms with Gasteiger partial charge in [0, 0.05) is 18.3 Å². The number of hydrogen-bond acceptors (Lipinski definition) is 4. The van der Waals surface area contributed by atoms with Crippen LogP contribution in [0.25, 0.3) is 0 Å². The maximum atomic E-state index is 12.3. The van der Waals surface area contributed by atoms with Crippen molar-refractivity contribution in [3.05, 3.63) is 0 Å². The summed E-state index contributed by atoms with van der Waals surface area (Å²) in [7, 11) is 0. The smallest absolute Gasteiger partial charge is 0.171 e. The Balaban J connectivity index is 1.84. The number of ketones is 1. The van der Waals surface area contributed by atoms with E-state index in [1.807, 2.05) is 6.92 Å². The minimum absolute atomic E-state index is 0.00597. The van der Waals surface area contributed by atoms with Crippen LogP contribution in [0.4, 0.5) is 0 Å². The van der Waals surface area contributed by atoms with E-state index in [1.54, 1.807) is 0 Å². The average Bonchev–Trinajstić information content (AvgIpc) is 2.86. The lowest BCUT2D eigenvalue weighted by molar-refractivity contribution is -0.237. The molecule has 4 nitrogen and oxygen atoms in total. The van der Waals surface area contributed by atoms with Crippen LogP contribution in [0.15, 0.2) is 0 Å². The Morgan fingerprint density at radius 2 is 2.29 bits per heavy atom. The van der Waals surface area contributed by atoms with Gasteiger partial charge in [-0.25, -0.2) is 0 Å². The molecule has 0 amide bonds. The zero-order chi connectivity index (χ0) is 11.8. The lowest BCUT2D eigenvalue weighted by Gasteiger charge is -2.38. The minimum Gasteiger partial charge on any atom is -0.365 e. The Morgan fingerprint density at radius 3 is 3.06 bits per heavy atom. The number of fused-ring (bicyclic) bond motifs is 1. The predicted molar refractivity (Wildman–Crippen MR) is 58.2 cm³/mol. The highest BCUT2D eigenvalue weighted by Crippen LogP contribution is 2.62. The summed E-state index contributed by atoms with van der Waals surface area (Å²) in [5.41, 5.74) is -0.557. The van der Waals surface area contributed by atoms with Crippen molar-refractivity contribution < 1.29 is 19.4 Å². The van der Waals surface area contributed by atoms with Crippen LogP contribution >= 0.6 is 0 Å². The van der Waals surface area contributed by atoms with Crippen LogP contribution in [0.3, 0.4) is 0 Å². The van der Waals surface area contributed by atoms with Crippen molar-refractivity contribution in [3.63, 3.8) is 0 Å². The predicted octanol–water partition coefficient (Wildman–Crippen LogP) is 1.01. The van der Waals surface area contributed by atoms with Crippen molar-refractivity contribution >= 4 is 5.78 Å². The molecule has 0 aromatic carbocycles. The molecule has 0 radical (unpaired) electrons. The fourth-order valence-electron chi connectivity index (χ4n) is 4.69. The summed E-state index contributed by atoms with van der Waals surface area (Å²) in [5, 5.41) is 10.6. The summed E-state index contributed by atoms with van der Waals surface area (Å²) >= 11 is 0. The van der Waals surface area contributed by atoms with Gasteiger partial charge in [-0.3, -0.25) is 4.79 Å². The van der Waals surface area contributed by atoms with Crippen LogP contribution in [0.2, 0.25) is 0 Å².